The van der Waals surface area contributed by atoms with Gasteiger partial charge in [-0.15, -0.1) is 0 Å². The maximum absolute atomic E-state index is 13.1. The van der Waals surface area contributed by atoms with Crippen LogP contribution in [-0.4, -0.2) is 75.7 Å². The van der Waals surface area contributed by atoms with E-state index in [-0.39, 0.29) is 17.4 Å². The molecule has 0 saturated carbocycles. The number of carbonyl (C=O) groups is 3. The monoisotopic (exact) mass is 526 g/mol. The summed E-state index contributed by atoms with van der Waals surface area (Å²) < 4.78 is 9.57. The van der Waals surface area contributed by atoms with E-state index in [9.17, 15) is 14.4 Å². The third-order valence-corrected chi connectivity index (χ3v) is 5.89. The van der Waals surface area contributed by atoms with Gasteiger partial charge < -0.3 is 25.3 Å². The smallest absolute Gasteiger partial charge is 0.276 e. The van der Waals surface area contributed by atoms with Gasteiger partial charge in [-0.2, -0.15) is 5.10 Å². The van der Waals surface area contributed by atoms with Crippen molar-refractivity contribution in [2.45, 2.75) is 53.1 Å². The number of primary amides is 1. The molecular formula is C26H38N8O4. The Morgan fingerprint density at radius 1 is 1.16 bits per heavy atom. The van der Waals surface area contributed by atoms with E-state index < -0.39 is 5.91 Å². The van der Waals surface area contributed by atoms with Gasteiger partial charge in [0.15, 0.2) is 0 Å². The normalized spacial score (nSPS) is 11.2. The zero-order valence-corrected chi connectivity index (χ0v) is 22.8. The second-order valence-electron chi connectivity index (χ2n) is 9.34. The van der Waals surface area contributed by atoms with E-state index in [2.05, 4.69) is 20.7 Å². The van der Waals surface area contributed by atoms with Gasteiger partial charge in [0.1, 0.15) is 17.0 Å². The Bertz CT molecular complexity index is 1290. The van der Waals surface area contributed by atoms with Gasteiger partial charge in [0, 0.05) is 38.2 Å². The molecule has 0 saturated heterocycles. The number of hydrogen-bond donors (Lipinski definition) is 3. The summed E-state index contributed by atoms with van der Waals surface area (Å²) in [7, 11) is 3.84. The average Bonchev–Trinajstić information content (AvgIpc) is 3.42. The number of anilines is 1. The Hall–Kier alpha value is -3.93. The number of aryl methyl sites for hydroxylation is 3. The molecular weight excluding hydrogens is 488 g/mol. The van der Waals surface area contributed by atoms with Crippen LogP contribution in [0.5, 0.6) is 5.75 Å². The van der Waals surface area contributed by atoms with Gasteiger partial charge in [-0.05, 0) is 59.0 Å². The van der Waals surface area contributed by atoms with Crippen LogP contribution in [0.2, 0.25) is 0 Å². The summed E-state index contributed by atoms with van der Waals surface area (Å²) in [6.45, 7) is 8.33. The number of benzene rings is 1. The van der Waals surface area contributed by atoms with Gasteiger partial charge in [-0.1, -0.05) is 6.92 Å². The van der Waals surface area contributed by atoms with Gasteiger partial charge in [0.05, 0.1) is 17.8 Å². The molecule has 206 valence electrons. The van der Waals surface area contributed by atoms with Gasteiger partial charge in [-0.3, -0.25) is 24.4 Å². The average molecular weight is 527 g/mol. The van der Waals surface area contributed by atoms with Gasteiger partial charge in [0.2, 0.25) is 17.8 Å². The Balaban J connectivity index is 1.83. The lowest BCUT2D eigenvalue weighted by Gasteiger charge is -2.14. The molecule has 0 spiro atoms. The number of imidazole rings is 1. The first-order valence-electron chi connectivity index (χ1n) is 12.9. The van der Waals surface area contributed by atoms with E-state index >= 15 is 0 Å². The zero-order valence-electron chi connectivity index (χ0n) is 22.8. The number of carbonyl (C=O) groups excluding carboxylic acids is 3. The van der Waals surface area contributed by atoms with Crippen LogP contribution in [0, 0.1) is 6.92 Å². The molecule has 0 aliphatic carbocycles. The number of amides is 3. The molecule has 0 radical (unpaired) electrons. The maximum atomic E-state index is 13.1. The molecule has 0 aliphatic heterocycles. The van der Waals surface area contributed by atoms with Crippen molar-refractivity contribution in [2.75, 3.05) is 39.1 Å². The molecule has 3 aromatic rings. The molecule has 2 heterocycles. The second-order valence-corrected chi connectivity index (χ2v) is 9.34. The molecule has 0 unspecified atom stereocenters. The van der Waals surface area contributed by atoms with Gasteiger partial charge in [-0.25, -0.2) is 4.98 Å². The fourth-order valence-electron chi connectivity index (χ4n) is 4.05. The Labute approximate surface area is 222 Å². The van der Waals surface area contributed by atoms with Crippen molar-refractivity contribution in [3.63, 3.8) is 0 Å². The highest BCUT2D eigenvalue weighted by atomic mass is 16.5. The molecule has 2 aromatic heterocycles. The minimum Gasteiger partial charge on any atom is -0.491 e. The summed E-state index contributed by atoms with van der Waals surface area (Å²) in [5.74, 6) is -0.178. The highest BCUT2D eigenvalue weighted by Gasteiger charge is 2.21. The van der Waals surface area contributed by atoms with Crippen LogP contribution in [0.4, 0.5) is 5.95 Å². The summed E-state index contributed by atoms with van der Waals surface area (Å²) >= 11 is 0. The highest BCUT2D eigenvalue weighted by molar-refractivity contribution is 6.04. The molecule has 38 heavy (non-hydrogen) atoms. The van der Waals surface area contributed by atoms with Crippen molar-refractivity contribution in [3.05, 3.63) is 35.2 Å². The van der Waals surface area contributed by atoms with Crippen LogP contribution >= 0.6 is 0 Å². The number of hydrogen-bond acceptors (Lipinski definition) is 7. The van der Waals surface area contributed by atoms with Crippen molar-refractivity contribution in [3.8, 4) is 5.75 Å². The first-order chi connectivity index (χ1) is 18.1. The Kier molecular flexibility index (Phi) is 9.83. The predicted octanol–water partition coefficient (Wildman–Crippen LogP) is 2.16. The predicted molar refractivity (Wildman–Crippen MR) is 145 cm³/mol. The minimum absolute atomic E-state index is 0.0159. The van der Waals surface area contributed by atoms with Crippen molar-refractivity contribution < 1.29 is 19.1 Å². The second kappa shape index (κ2) is 13.0. The Morgan fingerprint density at radius 2 is 1.92 bits per heavy atom. The topological polar surface area (TPSA) is 149 Å². The largest absolute Gasteiger partial charge is 0.491 e. The summed E-state index contributed by atoms with van der Waals surface area (Å²) in [5, 5.41) is 10.1. The first kappa shape index (κ1) is 28.6. The van der Waals surface area contributed by atoms with Crippen molar-refractivity contribution in [2.24, 2.45) is 5.73 Å². The summed E-state index contributed by atoms with van der Waals surface area (Å²) in [6, 6.07) is 4.91. The SMILES string of the molecule is CCCn1c(NC(=O)c2cc(C)nn2CC)nc2cc(C(N)=O)cc(OCCCNC(=O)CCN(C)C)c21. The molecule has 12 heteroatoms. The first-order valence-corrected chi connectivity index (χ1v) is 12.9. The van der Waals surface area contributed by atoms with Crippen molar-refractivity contribution >= 4 is 34.7 Å². The third-order valence-electron chi connectivity index (χ3n) is 5.89. The van der Waals surface area contributed by atoms with Gasteiger partial charge >= 0.3 is 0 Å². The highest BCUT2D eigenvalue weighted by Crippen LogP contribution is 2.31. The number of ether oxygens (including phenoxy) is 1. The molecule has 0 aliphatic rings. The minimum atomic E-state index is -0.608. The van der Waals surface area contributed by atoms with Crippen molar-refractivity contribution in [1.82, 2.24) is 29.5 Å². The van der Waals surface area contributed by atoms with E-state index in [1.165, 1.54) is 0 Å². The van der Waals surface area contributed by atoms with Crippen LogP contribution < -0.4 is 21.1 Å². The maximum Gasteiger partial charge on any atom is 0.276 e. The molecule has 3 amide bonds. The van der Waals surface area contributed by atoms with Crippen LogP contribution in [0.15, 0.2) is 18.2 Å². The molecule has 12 nitrogen and oxygen atoms in total. The lowest BCUT2D eigenvalue weighted by atomic mass is 10.1. The number of rotatable bonds is 14. The standard InChI is InChI=1S/C26H38N8O4/c1-6-11-33-23-19(29-26(33)30-25(37)20-14-17(3)31-34(20)7-2)15-18(24(27)36)16-21(23)38-13-8-10-28-22(35)9-12-32(4)5/h14-16H,6-13H2,1-5H3,(H2,27,36)(H,28,35)(H,29,30,37). The lowest BCUT2D eigenvalue weighted by molar-refractivity contribution is -0.121. The fourth-order valence-corrected chi connectivity index (χ4v) is 4.05. The number of nitrogens with two attached hydrogens (primary N) is 1. The van der Waals surface area contributed by atoms with Gasteiger partial charge in [0.25, 0.3) is 5.91 Å². The molecule has 0 bridgehead atoms. The summed E-state index contributed by atoms with van der Waals surface area (Å²) in [6.07, 6.45) is 1.77. The van der Waals surface area contributed by atoms with Crippen LogP contribution in [0.1, 0.15) is 59.7 Å². The molecule has 4 N–H and O–H groups in total. The van der Waals surface area contributed by atoms with Crippen LogP contribution in [-0.2, 0) is 17.9 Å². The van der Waals surface area contributed by atoms with Crippen LogP contribution in [0.25, 0.3) is 11.0 Å². The quantitative estimate of drug-likeness (QED) is 0.273. The zero-order chi connectivity index (χ0) is 27.8. The van der Waals surface area contributed by atoms with E-state index in [0.29, 0.717) is 74.1 Å². The summed E-state index contributed by atoms with van der Waals surface area (Å²) in [4.78, 5) is 43.6. The number of nitrogens with one attached hydrogen (secondary N) is 2. The van der Waals surface area contributed by atoms with E-state index in [1.807, 2.05) is 44.3 Å². The van der Waals surface area contributed by atoms with E-state index in [0.717, 1.165) is 12.1 Å². The van der Waals surface area contributed by atoms with Crippen LogP contribution in [0.3, 0.4) is 0 Å². The van der Waals surface area contributed by atoms with E-state index in [1.54, 1.807) is 22.9 Å². The fraction of sp³-hybridized carbons (Fsp3) is 0.500. The number of aromatic nitrogens is 4. The lowest BCUT2D eigenvalue weighted by Crippen LogP contribution is -2.28. The number of fused-ring (bicyclic) bond motifs is 1. The van der Waals surface area contributed by atoms with E-state index in [4.69, 9.17) is 10.5 Å². The van der Waals surface area contributed by atoms with Crippen molar-refractivity contribution in [1.29, 1.82) is 0 Å². The molecule has 0 fully saturated rings. The molecule has 1 aromatic carbocycles. The number of nitrogens with zero attached hydrogens (tertiary/aromatic N) is 5. The molecule has 3 rings (SSSR count). The summed E-state index contributed by atoms with van der Waals surface area (Å²) in [5.41, 5.74) is 8.14. The third kappa shape index (κ3) is 7.09. The molecule has 0 atom stereocenters. The Morgan fingerprint density at radius 3 is 2.58 bits per heavy atom.